The molecule has 2 aromatic rings. The van der Waals surface area contributed by atoms with E-state index in [1.165, 1.54) is 12.5 Å². The minimum atomic E-state index is -0.111. The second-order valence-corrected chi connectivity index (χ2v) is 7.27. The van der Waals surface area contributed by atoms with E-state index in [4.69, 9.17) is 14.0 Å². The molecule has 0 saturated carbocycles. The van der Waals surface area contributed by atoms with Gasteiger partial charge in [0.25, 0.3) is 5.91 Å². The van der Waals surface area contributed by atoms with Gasteiger partial charge in [-0.25, -0.2) is 0 Å². The number of carbonyl (C=O) groups excluding carboxylic acids is 1. The molecule has 2 saturated heterocycles. The van der Waals surface area contributed by atoms with E-state index in [0.717, 1.165) is 38.0 Å². The molecule has 2 aliphatic rings. The molecule has 7 heteroatoms. The van der Waals surface area contributed by atoms with Crippen LogP contribution in [-0.4, -0.2) is 52.9 Å². The molecule has 0 radical (unpaired) electrons. The highest BCUT2D eigenvalue weighted by Crippen LogP contribution is 2.42. The van der Waals surface area contributed by atoms with Crippen molar-refractivity contribution in [3.63, 3.8) is 0 Å². The Morgan fingerprint density at radius 1 is 1.33 bits per heavy atom. The highest BCUT2D eigenvalue weighted by atomic mass is 16.5. The lowest BCUT2D eigenvalue weighted by Crippen LogP contribution is -2.49. The van der Waals surface area contributed by atoms with Crippen LogP contribution in [0.2, 0.25) is 0 Å². The van der Waals surface area contributed by atoms with E-state index in [-0.39, 0.29) is 11.5 Å². The molecular formula is C20H25N3O4. The topological polar surface area (TPSA) is 77.7 Å². The van der Waals surface area contributed by atoms with Crippen LogP contribution in [0, 0.1) is 5.92 Å². The summed E-state index contributed by atoms with van der Waals surface area (Å²) in [4.78, 5) is 18.6. The Morgan fingerprint density at radius 3 is 2.96 bits per heavy atom. The van der Waals surface area contributed by atoms with Crippen LogP contribution in [-0.2, 0) is 16.1 Å². The number of rotatable bonds is 6. The highest BCUT2D eigenvalue weighted by Gasteiger charge is 2.46. The molecule has 4 rings (SSSR count). The van der Waals surface area contributed by atoms with E-state index < -0.39 is 0 Å². The molecule has 1 spiro atoms. The van der Waals surface area contributed by atoms with Gasteiger partial charge in [-0.2, -0.15) is 0 Å². The highest BCUT2D eigenvalue weighted by molar-refractivity contribution is 5.93. The maximum Gasteiger partial charge on any atom is 0.258 e. The van der Waals surface area contributed by atoms with Crippen molar-refractivity contribution in [1.82, 2.24) is 15.0 Å². The Morgan fingerprint density at radius 2 is 2.22 bits per heavy atom. The monoisotopic (exact) mass is 371 g/mol. The van der Waals surface area contributed by atoms with Crippen LogP contribution in [0.4, 0.5) is 0 Å². The van der Waals surface area contributed by atoms with Crippen molar-refractivity contribution in [2.75, 3.05) is 26.3 Å². The first-order valence-electron chi connectivity index (χ1n) is 9.57. The van der Waals surface area contributed by atoms with Gasteiger partial charge in [-0.15, -0.1) is 0 Å². The van der Waals surface area contributed by atoms with Crippen molar-refractivity contribution in [1.29, 1.82) is 0 Å². The Bertz CT molecular complexity index is 727. The molecule has 1 unspecified atom stereocenters. The van der Waals surface area contributed by atoms with Crippen molar-refractivity contribution in [2.45, 2.75) is 37.9 Å². The fraction of sp³-hybridized carbons (Fsp3) is 0.550. The molecule has 27 heavy (non-hydrogen) atoms. The largest absolute Gasteiger partial charge is 0.375 e. The molecule has 2 fully saturated rings. The summed E-state index contributed by atoms with van der Waals surface area (Å²) in [5.41, 5.74) is 1.35. The van der Waals surface area contributed by atoms with Crippen molar-refractivity contribution < 1.29 is 18.8 Å². The van der Waals surface area contributed by atoms with Gasteiger partial charge in [0.1, 0.15) is 6.26 Å². The summed E-state index contributed by atoms with van der Waals surface area (Å²) in [6.45, 7) is 3.45. The average Bonchev–Trinajstić information content (AvgIpc) is 3.37. The van der Waals surface area contributed by atoms with Crippen LogP contribution in [0.25, 0.3) is 0 Å². The smallest absolute Gasteiger partial charge is 0.258 e. The van der Waals surface area contributed by atoms with E-state index in [1.54, 1.807) is 6.20 Å². The van der Waals surface area contributed by atoms with E-state index in [9.17, 15) is 4.79 Å². The molecule has 4 heterocycles. The van der Waals surface area contributed by atoms with Gasteiger partial charge in [0, 0.05) is 32.5 Å². The first-order valence-corrected chi connectivity index (χ1v) is 9.57. The molecule has 0 aromatic carbocycles. The molecule has 0 N–H and O–H groups in total. The Kier molecular flexibility index (Phi) is 5.50. The average molecular weight is 371 g/mol. The van der Waals surface area contributed by atoms with E-state index in [2.05, 4.69) is 10.1 Å². The second kappa shape index (κ2) is 8.19. The van der Waals surface area contributed by atoms with Crippen LogP contribution in [0.15, 0.2) is 41.4 Å². The second-order valence-electron chi connectivity index (χ2n) is 7.27. The summed E-state index contributed by atoms with van der Waals surface area (Å²) in [6, 6.07) is 5.85. The van der Waals surface area contributed by atoms with Crippen LogP contribution in [0.5, 0.6) is 0 Å². The normalized spacial score (nSPS) is 21.6. The van der Waals surface area contributed by atoms with Crippen molar-refractivity contribution in [2.24, 2.45) is 5.92 Å². The maximum absolute atomic E-state index is 12.5. The summed E-state index contributed by atoms with van der Waals surface area (Å²) in [6.07, 6.45) is 8.44. The van der Waals surface area contributed by atoms with Gasteiger partial charge in [-0.05, 0) is 43.7 Å². The summed E-state index contributed by atoms with van der Waals surface area (Å²) in [5, 5.41) is 3.62. The molecule has 0 aliphatic carbocycles. The lowest BCUT2D eigenvalue weighted by atomic mass is 9.78. The van der Waals surface area contributed by atoms with Gasteiger partial charge in [0.2, 0.25) is 0 Å². The van der Waals surface area contributed by atoms with Gasteiger partial charge in [-0.3, -0.25) is 9.78 Å². The summed E-state index contributed by atoms with van der Waals surface area (Å²) in [7, 11) is 0. The van der Waals surface area contributed by atoms with E-state index in [0.29, 0.717) is 37.8 Å². The van der Waals surface area contributed by atoms with Crippen LogP contribution in [0.1, 0.15) is 41.7 Å². The number of aromatic nitrogens is 2. The minimum Gasteiger partial charge on any atom is -0.375 e. The fourth-order valence-corrected chi connectivity index (χ4v) is 4.21. The lowest BCUT2D eigenvalue weighted by molar-refractivity contribution is -0.0675. The first kappa shape index (κ1) is 18.1. The van der Waals surface area contributed by atoms with Crippen molar-refractivity contribution >= 4 is 5.91 Å². The third kappa shape index (κ3) is 4.04. The molecule has 2 aromatic heterocycles. The lowest BCUT2D eigenvalue weighted by Gasteiger charge is -2.42. The predicted octanol–water partition coefficient (Wildman–Crippen LogP) is 2.69. The number of pyridine rings is 1. The molecule has 2 aliphatic heterocycles. The zero-order valence-electron chi connectivity index (χ0n) is 15.4. The van der Waals surface area contributed by atoms with Crippen molar-refractivity contribution in [3.8, 4) is 0 Å². The number of likely N-dealkylation sites (tertiary alicyclic amines) is 1. The number of ether oxygens (including phenoxy) is 2. The number of hydrogen-bond acceptors (Lipinski definition) is 6. The molecular weight excluding hydrogens is 346 g/mol. The summed E-state index contributed by atoms with van der Waals surface area (Å²) >= 11 is 0. The SMILES string of the molecule is O=C(c1cnoc1)N1CCC2(CC1)OCCC2CCOCc1ccccn1. The fourth-order valence-electron chi connectivity index (χ4n) is 4.21. The third-order valence-corrected chi connectivity index (χ3v) is 5.76. The number of hydrogen-bond donors (Lipinski definition) is 0. The quantitative estimate of drug-likeness (QED) is 0.727. The van der Waals surface area contributed by atoms with Gasteiger partial charge < -0.3 is 18.9 Å². The summed E-state index contributed by atoms with van der Waals surface area (Å²) < 4.78 is 16.8. The number of piperidine rings is 1. The van der Waals surface area contributed by atoms with Crippen LogP contribution >= 0.6 is 0 Å². The van der Waals surface area contributed by atoms with Crippen LogP contribution < -0.4 is 0 Å². The predicted molar refractivity (Wildman–Crippen MR) is 96.9 cm³/mol. The molecule has 144 valence electrons. The van der Waals surface area contributed by atoms with Gasteiger partial charge in [0.05, 0.1) is 29.7 Å². The minimum absolute atomic E-state index is 0.0145. The number of nitrogens with zero attached hydrogens (tertiary/aromatic N) is 3. The molecule has 1 atom stereocenters. The first-order chi connectivity index (χ1) is 13.3. The van der Waals surface area contributed by atoms with Gasteiger partial charge in [-0.1, -0.05) is 11.2 Å². The summed E-state index contributed by atoms with van der Waals surface area (Å²) in [5.74, 6) is 0.466. The van der Waals surface area contributed by atoms with Crippen LogP contribution in [0.3, 0.4) is 0 Å². The molecule has 0 bridgehead atoms. The Hall–Kier alpha value is -2.25. The zero-order chi connectivity index (χ0) is 18.5. The maximum atomic E-state index is 12.5. The van der Waals surface area contributed by atoms with Gasteiger partial charge >= 0.3 is 0 Å². The number of amides is 1. The molecule has 7 nitrogen and oxygen atoms in total. The van der Waals surface area contributed by atoms with E-state index in [1.807, 2.05) is 23.1 Å². The Labute approximate surface area is 158 Å². The van der Waals surface area contributed by atoms with Crippen molar-refractivity contribution in [3.05, 3.63) is 48.1 Å². The van der Waals surface area contributed by atoms with E-state index >= 15 is 0 Å². The Balaban J connectivity index is 1.26. The molecule has 1 amide bonds. The zero-order valence-corrected chi connectivity index (χ0v) is 15.4. The third-order valence-electron chi connectivity index (χ3n) is 5.76. The number of carbonyl (C=O) groups is 1. The van der Waals surface area contributed by atoms with Gasteiger partial charge in [0.15, 0.2) is 0 Å². The standard InChI is InChI=1S/C20H25N3O4/c24-19(16-13-22-27-14-16)23-9-6-20(7-10-23)17(5-12-26-20)4-11-25-15-18-3-1-2-8-21-18/h1-3,8,13-14,17H,4-7,9-12,15H2.